The summed E-state index contributed by atoms with van der Waals surface area (Å²) in [6.07, 6.45) is 3.29. The second-order valence-electron chi connectivity index (χ2n) is 2.25. The van der Waals surface area contributed by atoms with Crippen LogP contribution in [0.1, 0.15) is 5.69 Å². The summed E-state index contributed by atoms with van der Waals surface area (Å²) in [4.78, 5) is 8.26. The highest BCUT2D eigenvalue weighted by atomic mass is 15.1. The van der Waals surface area contributed by atoms with Gasteiger partial charge in [-0.1, -0.05) is 0 Å². The van der Waals surface area contributed by atoms with Gasteiger partial charge in [0.15, 0.2) is 5.65 Å². The van der Waals surface area contributed by atoms with Crippen molar-refractivity contribution in [2.45, 2.75) is 6.92 Å². The lowest BCUT2D eigenvalue weighted by molar-refractivity contribution is 1.03. The maximum Gasteiger partial charge on any atom is 0.200 e. The van der Waals surface area contributed by atoms with Crippen LogP contribution in [0.3, 0.4) is 0 Å². The molecule has 2 aromatic rings. The Morgan fingerprint density at radius 1 is 1.36 bits per heavy atom. The monoisotopic (exact) mass is 146 g/mol. The Morgan fingerprint density at radius 2 is 2.27 bits per heavy atom. The molecule has 2 rings (SSSR count). The van der Waals surface area contributed by atoms with E-state index >= 15 is 0 Å². The van der Waals surface area contributed by atoms with Crippen molar-refractivity contribution in [3.05, 3.63) is 24.2 Å². The molecule has 11 heavy (non-hydrogen) atoms. The zero-order chi connectivity index (χ0) is 7.68. The van der Waals surface area contributed by atoms with Crippen molar-refractivity contribution in [2.75, 3.05) is 0 Å². The van der Waals surface area contributed by atoms with Crippen LogP contribution in [-0.4, -0.2) is 20.2 Å². The SMILES string of the molecule is Cc1cnc2nnccc2n1. The van der Waals surface area contributed by atoms with Crippen LogP contribution in [-0.2, 0) is 0 Å². The largest absolute Gasteiger partial charge is 0.248 e. The van der Waals surface area contributed by atoms with Gasteiger partial charge in [0.2, 0.25) is 0 Å². The number of hydrogen-bond donors (Lipinski definition) is 0. The quantitative estimate of drug-likeness (QED) is 0.549. The number of aryl methyl sites for hydroxylation is 1. The van der Waals surface area contributed by atoms with E-state index in [9.17, 15) is 0 Å². The fourth-order valence-corrected chi connectivity index (χ4v) is 0.870. The third-order valence-corrected chi connectivity index (χ3v) is 1.35. The van der Waals surface area contributed by atoms with E-state index < -0.39 is 0 Å². The van der Waals surface area contributed by atoms with Gasteiger partial charge in [-0.2, -0.15) is 5.10 Å². The van der Waals surface area contributed by atoms with E-state index in [1.807, 2.05) is 6.92 Å². The van der Waals surface area contributed by atoms with Crippen molar-refractivity contribution in [1.82, 2.24) is 20.2 Å². The molecule has 4 nitrogen and oxygen atoms in total. The molecular weight excluding hydrogens is 140 g/mol. The van der Waals surface area contributed by atoms with Gasteiger partial charge >= 0.3 is 0 Å². The molecule has 0 unspecified atom stereocenters. The van der Waals surface area contributed by atoms with Gasteiger partial charge in [-0.05, 0) is 13.0 Å². The molecule has 0 spiro atoms. The van der Waals surface area contributed by atoms with Crippen molar-refractivity contribution in [2.24, 2.45) is 0 Å². The van der Waals surface area contributed by atoms with E-state index in [4.69, 9.17) is 0 Å². The summed E-state index contributed by atoms with van der Waals surface area (Å²) in [5.41, 5.74) is 2.28. The van der Waals surface area contributed by atoms with E-state index in [2.05, 4.69) is 20.2 Å². The highest BCUT2D eigenvalue weighted by Gasteiger charge is 1.95. The van der Waals surface area contributed by atoms with E-state index in [0.717, 1.165) is 11.2 Å². The van der Waals surface area contributed by atoms with Gasteiger partial charge in [-0.3, -0.25) is 0 Å². The smallest absolute Gasteiger partial charge is 0.200 e. The minimum atomic E-state index is 0.595. The summed E-state index contributed by atoms with van der Waals surface area (Å²) in [5, 5.41) is 7.49. The third kappa shape index (κ3) is 1.02. The Balaban J connectivity index is 2.83. The first kappa shape index (κ1) is 6.15. The van der Waals surface area contributed by atoms with Crippen molar-refractivity contribution >= 4 is 11.2 Å². The third-order valence-electron chi connectivity index (χ3n) is 1.35. The fourth-order valence-electron chi connectivity index (χ4n) is 0.870. The van der Waals surface area contributed by atoms with Gasteiger partial charge in [0.05, 0.1) is 18.1 Å². The molecule has 2 heterocycles. The summed E-state index contributed by atoms with van der Waals surface area (Å²) in [7, 11) is 0. The topological polar surface area (TPSA) is 51.6 Å². The molecule has 0 atom stereocenters. The molecule has 54 valence electrons. The molecule has 0 N–H and O–H groups in total. The lowest BCUT2D eigenvalue weighted by Crippen LogP contribution is -1.90. The van der Waals surface area contributed by atoms with Crippen LogP contribution < -0.4 is 0 Å². The summed E-state index contributed by atoms with van der Waals surface area (Å²) in [6.45, 7) is 1.90. The minimum Gasteiger partial charge on any atom is -0.248 e. The van der Waals surface area contributed by atoms with E-state index in [1.54, 1.807) is 18.5 Å². The molecule has 2 aromatic heterocycles. The van der Waals surface area contributed by atoms with Crippen LogP contribution in [0, 0.1) is 6.92 Å². The predicted octanol–water partition coefficient (Wildman–Crippen LogP) is 0.728. The van der Waals surface area contributed by atoms with Crippen molar-refractivity contribution in [3.63, 3.8) is 0 Å². The van der Waals surface area contributed by atoms with Crippen LogP contribution in [0.2, 0.25) is 0 Å². The highest BCUT2D eigenvalue weighted by molar-refractivity contribution is 5.67. The molecule has 0 saturated heterocycles. The molecule has 0 aliphatic carbocycles. The summed E-state index contributed by atoms with van der Waals surface area (Å²) < 4.78 is 0. The van der Waals surface area contributed by atoms with Gasteiger partial charge in [-0.25, -0.2) is 9.97 Å². The first-order chi connectivity index (χ1) is 5.36. The molecular formula is C7H6N4. The lowest BCUT2D eigenvalue weighted by atomic mass is 10.4. The number of fused-ring (bicyclic) bond motifs is 1. The molecule has 0 fully saturated rings. The summed E-state index contributed by atoms with van der Waals surface area (Å²) in [5.74, 6) is 0. The fraction of sp³-hybridized carbons (Fsp3) is 0.143. The molecule has 0 aliphatic heterocycles. The Morgan fingerprint density at radius 3 is 3.18 bits per heavy atom. The van der Waals surface area contributed by atoms with E-state index in [0.29, 0.717) is 5.65 Å². The van der Waals surface area contributed by atoms with Gasteiger partial charge < -0.3 is 0 Å². The van der Waals surface area contributed by atoms with E-state index in [-0.39, 0.29) is 0 Å². The van der Waals surface area contributed by atoms with E-state index in [1.165, 1.54) is 0 Å². The van der Waals surface area contributed by atoms with Crippen LogP contribution in [0.4, 0.5) is 0 Å². The second kappa shape index (κ2) is 2.23. The number of rotatable bonds is 0. The number of hydrogen-bond acceptors (Lipinski definition) is 4. The van der Waals surface area contributed by atoms with Gasteiger partial charge in [0, 0.05) is 0 Å². The molecule has 0 radical (unpaired) electrons. The molecule has 0 saturated carbocycles. The molecule has 4 heteroatoms. The Kier molecular flexibility index (Phi) is 1.25. The second-order valence-corrected chi connectivity index (χ2v) is 2.25. The Labute approximate surface area is 63.3 Å². The van der Waals surface area contributed by atoms with Gasteiger partial charge in [-0.15, -0.1) is 5.10 Å². The zero-order valence-corrected chi connectivity index (χ0v) is 6.02. The van der Waals surface area contributed by atoms with Gasteiger partial charge in [0.25, 0.3) is 0 Å². The minimum absolute atomic E-state index is 0.595. The molecule has 0 amide bonds. The zero-order valence-electron chi connectivity index (χ0n) is 6.02. The molecule has 0 aliphatic rings. The first-order valence-electron chi connectivity index (χ1n) is 3.27. The maximum absolute atomic E-state index is 4.21. The average Bonchev–Trinajstić information content (AvgIpc) is 2.04. The van der Waals surface area contributed by atoms with Crippen molar-refractivity contribution in [3.8, 4) is 0 Å². The maximum atomic E-state index is 4.21. The summed E-state index contributed by atoms with van der Waals surface area (Å²) >= 11 is 0. The normalized spacial score (nSPS) is 10.3. The van der Waals surface area contributed by atoms with Crippen molar-refractivity contribution in [1.29, 1.82) is 0 Å². The molecule has 0 aromatic carbocycles. The highest BCUT2D eigenvalue weighted by Crippen LogP contribution is 2.02. The van der Waals surface area contributed by atoms with Crippen LogP contribution in [0.25, 0.3) is 11.2 Å². The predicted molar refractivity (Wildman–Crippen MR) is 39.9 cm³/mol. The van der Waals surface area contributed by atoms with Crippen LogP contribution in [0.5, 0.6) is 0 Å². The lowest BCUT2D eigenvalue weighted by Gasteiger charge is -1.93. The number of aromatic nitrogens is 4. The van der Waals surface area contributed by atoms with Crippen LogP contribution in [0.15, 0.2) is 18.5 Å². The van der Waals surface area contributed by atoms with Crippen molar-refractivity contribution < 1.29 is 0 Å². The van der Waals surface area contributed by atoms with Crippen LogP contribution >= 0.6 is 0 Å². The Hall–Kier alpha value is -1.58. The first-order valence-corrected chi connectivity index (χ1v) is 3.27. The van der Waals surface area contributed by atoms with Gasteiger partial charge in [0.1, 0.15) is 5.52 Å². The average molecular weight is 146 g/mol. The standard InChI is InChI=1S/C7H6N4/c1-5-4-8-7-6(10-5)2-3-9-11-7/h2-4H,1H3. The molecule has 0 bridgehead atoms. The summed E-state index contributed by atoms with van der Waals surface area (Å²) in [6, 6.07) is 1.79. The Bertz CT molecular complexity index is 385. The number of nitrogens with zero attached hydrogens (tertiary/aromatic N) is 4.